The van der Waals surface area contributed by atoms with Gasteiger partial charge in [-0.15, -0.1) is 0 Å². The van der Waals surface area contributed by atoms with Crippen LogP contribution in [0.4, 0.5) is 0 Å². The molecule has 0 fully saturated rings. The number of rotatable bonds is 3. The van der Waals surface area contributed by atoms with E-state index in [9.17, 15) is 9.90 Å². The van der Waals surface area contributed by atoms with Gasteiger partial charge in [0.1, 0.15) is 5.75 Å². The fraction of sp³-hybridized carbons (Fsp3) is 0.250. The predicted octanol–water partition coefficient (Wildman–Crippen LogP) is 2.15. The van der Waals surface area contributed by atoms with E-state index < -0.39 is 0 Å². The summed E-state index contributed by atoms with van der Waals surface area (Å²) in [5.41, 5.74) is 0.882. The summed E-state index contributed by atoms with van der Waals surface area (Å²) in [6.07, 6.45) is 3.16. The summed E-state index contributed by atoms with van der Waals surface area (Å²) in [7, 11) is 0. The van der Waals surface area contributed by atoms with Crippen LogP contribution in [0.3, 0.4) is 0 Å². The first-order chi connectivity index (χ1) is 7.13. The van der Waals surface area contributed by atoms with Crippen molar-refractivity contribution in [2.24, 2.45) is 0 Å². The molecule has 0 saturated carbocycles. The molecule has 1 atom stereocenters. The Morgan fingerprint density at radius 1 is 1.53 bits per heavy atom. The fourth-order valence-corrected chi connectivity index (χ4v) is 1.29. The number of hydrogen-bond acceptors (Lipinski definition) is 2. The van der Waals surface area contributed by atoms with E-state index in [2.05, 4.69) is 5.32 Å². The van der Waals surface area contributed by atoms with Crippen LogP contribution in [-0.4, -0.2) is 11.0 Å². The number of amides is 1. The molecule has 0 aliphatic rings. The summed E-state index contributed by atoms with van der Waals surface area (Å²) >= 11 is 0. The summed E-state index contributed by atoms with van der Waals surface area (Å²) in [5, 5.41) is 12.1. The quantitative estimate of drug-likeness (QED) is 0.743. The van der Waals surface area contributed by atoms with Gasteiger partial charge in [0.05, 0.1) is 6.04 Å². The highest BCUT2D eigenvalue weighted by Gasteiger charge is 2.07. The van der Waals surface area contributed by atoms with Gasteiger partial charge in [-0.1, -0.05) is 18.2 Å². The highest BCUT2D eigenvalue weighted by molar-refractivity contribution is 5.87. The number of benzene rings is 1. The largest absolute Gasteiger partial charge is 0.508 e. The molecular weight excluding hydrogens is 190 g/mol. The zero-order valence-electron chi connectivity index (χ0n) is 8.90. The summed E-state index contributed by atoms with van der Waals surface area (Å²) in [6, 6.07) is 6.74. The van der Waals surface area contributed by atoms with Gasteiger partial charge in [-0.25, -0.2) is 0 Å². The maximum Gasteiger partial charge on any atom is 0.244 e. The van der Waals surface area contributed by atoms with E-state index in [1.54, 1.807) is 31.2 Å². The van der Waals surface area contributed by atoms with Gasteiger partial charge in [0.15, 0.2) is 0 Å². The second-order valence-electron chi connectivity index (χ2n) is 3.33. The molecule has 2 N–H and O–H groups in total. The van der Waals surface area contributed by atoms with E-state index >= 15 is 0 Å². The predicted molar refractivity (Wildman–Crippen MR) is 59.5 cm³/mol. The zero-order chi connectivity index (χ0) is 11.3. The topological polar surface area (TPSA) is 49.3 Å². The first-order valence-corrected chi connectivity index (χ1v) is 4.85. The minimum atomic E-state index is -0.131. The van der Waals surface area contributed by atoms with Crippen molar-refractivity contribution in [3.8, 4) is 5.75 Å². The van der Waals surface area contributed by atoms with Crippen LogP contribution < -0.4 is 5.32 Å². The number of phenols is 1. The Labute approximate surface area is 89.4 Å². The molecule has 1 aromatic carbocycles. The molecule has 1 rings (SSSR count). The maximum atomic E-state index is 11.3. The van der Waals surface area contributed by atoms with Crippen molar-refractivity contribution in [3.63, 3.8) is 0 Å². The summed E-state index contributed by atoms with van der Waals surface area (Å²) in [4.78, 5) is 11.3. The Balaban J connectivity index is 2.68. The molecule has 1 amide bonds. The van der Waals surface area contributed by atoms with Crippen LogP contribution in [0.1, 0.15) is 25.5 Å². The molecular formula is C12H15NO2. The zero-order valence-corrected chi connectivity index (χ0v) is 8.90. The summed E-state index contributed by atoms with van der Waals surface area (Å²) in [5.74, 6) is 0.0768. The minimum absolute atomic E-state index is 0.110. The van der Waals surface area contributed by atoms with Crippen LogP contribution >= 0.6 is 0 Å². The third kappa shape index (κ3) is 3.46. The lowest BCUT2D eigenvalue weighted by Crippen LogP contribution is -2.24. The molecule has 0 bridgehead atoms. The molecule has 0 heterocycles. The number of allylic oxidation sites excluding steroid dienone is 1. The molecule has 0 aliphatic heterocycles. The molecule has 0 spiro atoms. The van der Waals surface area contributed by atoms with Crippen LogP contribution in [0, 0.1) is 0 Å². The average Bonchev–Trinajstić information content (AvgIpc) is 2.18. The highest BCUT2D eigenvalue weighted by Crippen LogP contribution is 2.17. The second-order valence-corrected chi connectivity index (χ2v) is 3.33. The van der Waals surface area contributed by atoms with Gasteiger partial charge in [0.25, 0.3) is 0 Å². The van der Waals surface area contributed by atoms with Crippen LogP contribution in [-0.2, 0) is 4.79 Å². The summed E-state index contributed by atoms with van der Waals surface area (Å²) in [6.45, 7) is 3.66. The Morgan fingerprint density at radius 3 is 2.87 bits per heavy atom. The van der Waals surface area contributed by atoms with E-state index in [4.69, 9.17) is 0 Å². The fourth-order valence-electron chi connectivity index (χ4n) is 1.29. The third-order valence-electron chi connectivity index (χ3n) is 2.05. The van der Waals surface area contributed by atoms with Gasteiger partial charge in [0, 0.05) is 0 Å². The second kappa shape index (κ2) is 5.20. The van der Waals surface area contributed by atoms with Crippen molar-refractivity contribution < 1.29 is 9.90 Å². The standard InChI is InChI=1S/C12H15NO2/c1-3-5-12(15)13-9(2)10-6-4-7-11(14)8-10/h3-9,14H,1-2H3,(H,13,15)/b5-3+. The molecule has 1 aromatic rings. The van der Waals surface area contributed by atoms with Gasteiger partial charge in [-0.2, -0.15) is 0 Å². The van der Waals surface area contributed by atoms with E-state index in [1.165, 1.54) is 6.08 Å². The lowest BCUT2D eigenvalue weighted by Gasteiger charge is -2.12. The normalized spacial score (nSPS) is 12.7. The van der Waals surface area contributed by atoms with Crippen molar-refractivity contribution in [2.75, 3.05) is 0 Å². The van der Waals surface area contributed by atoms with Gasteiger partial charge >= 0.3 is 0 Å². The van der Waals surface area contributed by atoms with Crippen molar-refractivity contribution in [2.45, 2.75) is 19.9 Å². The number of phenolic OH excluding ortho intramolecular Hbond substituents is 1. The Bertz CT molecular complexity index is 372. The molecule has 0 aromatic heterocycles. The third-order valence-corrected chi connectivity index (χ3v) is 2.05. The first kappa shape index (κ1) is 11.3. The lowest BCUT2D eigenvalue weighted by molar-refractivity contribution is -0.117. The first-order valence-electron chi connectivity index (χ1n) is 4.85. The number of carbonyl (C=O) groups excluding carboxylic acids is 1. The molecule has 0 aliphatic carbocycles. The van der Waals surface area contributed by atoms with Crippen molar-refractivity contribution in [3.05, 3.63) is 42.0 Å². The van der Waals surface area contributed by atoms with Crippen LogP contribution in [0.15, 0.2) is 36.4 Å². The number of aromatic hydroxyl groups is 1. The number of nitrogens with one attached hydrogen (secondary N) is 1. The van der Waals surface area contributed by atoms with E-state index in [0.717, 1.165) is 5.56 Å². The molecule has 80 valence electrons. The Kier molecular flexibility index (Phi) is 3.92. The smallest absolute Gasteiger partial charge is 0.244 e. The molecule has 15 heavy (non-hydrogen) atoms. The molecule has 3 heteroatoms. The van der Waals surface area contributed by atoms with E-state index in [1.807, 2.05) is 13.0 Å². The van der Waals surface area contributed by atoms with Gasteiger partial charge in [-0.05, 0) is 37.6 Å². The van der Waals surface area contributed by atoms with Crippen molar-refractivity contribution >= 4 is 5.91 Å². The van der Waals surface area contributed by atoms with Crippen LogP contribution in [0.2, 0.25) is 0 Å². The number of hydrogen-bond donors (Lipinski definition) is 2. The van der Waals surface area contributed by atoms with Crippen LogP contribution in [0.25, 0.3) is 0 Å². The maximum absolute atomic E-state index is 11.3. The monoisotopic (exact) mass is 205 g/mol. The van der Waals surface area contributed by atoms with Crippen LogP contribution in [0.5, 0.6) is 5.75 Å². The van der Waals surface area contributed by atoms with E-state index in [-0.39, 0.29) is 17.7 Å². The van der Waals surface area contributed by atoms with Crippen molar-refractivity contribution in [1.29, 1.82) is 0 Å². The SMILES string of the molecule is C/C=C/C(=O)NC(C)c1cccc(O)c1. The molecule has 3 nitrogen and oxygen atoms in total. The Morgan fingerprint density at radius 2 is 2.27 bits per heavy atom. The average molecular weight is 205 g/mol. The highest BCUT2D eigenvalue weighted by atomic mass is 16.3. The minimum Gasteiger partial charge on any atom is -0.508 e. The van der Waals surface area contributed by atoms with Crippen molar-refractivity contribution in [1.82, 2.24) is 5.32 Å². The van der Waals surface area contributed by atoms with E-state index in [0.29, 0.717) is 0 Å². The summed E-state index contributed by atoms with van der Waals surface area (Å²) < 4.78 is 0. The van der Waals surface area contributed by atoms with Gasteiger partial charge in [0.2, 0.25) is 5.91 Å². The number of carbonyl (C=O) groups is 1. The molecule has 1 unspecified atom stereocenters. The molecule has 0 saturated heterocycles. The van der Waals surface area contributed by atoms with Gasteiger partial charge in [-0.3, -0.25) is 4.79 Å². The van der Waals surface area contributed by atoms with Gasteiger partial charge < -0.3 is 10.4 Å². The lowest BCUT2D eigenvalue weighted by atomic mass is 10.1. The molecule has 0 radical (unpaired) electrons. The Hall–Kier alpha value is -1.77.